The normalized spacial score (nSPS) is 12.1. The standard InChI is InChI=1S/C14H20BrNO2/c1-5-6-10(2)16(3)14(17)11-7-8-13(18-4)12(15)9-11/h7-10H,5-6H2,1-4H3. The molecule has 0 spiro atoms. The summed E-state index contributed by atoms with van der Waals surface area (Å²) >= 11 is 3.40. The summed E-state index contributed by atoms with van der Waals surface area (Å²) in [4.78, 5) is 14.1. The first-order chi connectivity index (χ1) is 8.51. The topological polar surface area (TPSA) is 29.5 Å². The first kappa shape index (κ1) is 15.0. The van der Waals surface area contributed by atoms with E-state index in [1.54, 1.807) is 30.2 Å². The number of benzene rings is 1. The Labute approximate surface area is 117 Å². The van der Waals surface area contributed by atoms with Gasteiger partial charge in [-0.15, -0.1) is 0 Å². The third-order valence-electron chi connectivity index (χ3n) is 3.09. The molecule has 1 amide bonds. The lowest BCUT2D eigenvalue weighted by molar-refractivity contribution is 0.0736. The average Bonchev–Trinajstić information content (AvgIpc) is 2.37. The van der Waals surface area contributed by atoms with E-state index in [0.29, 0.717) is 5.56 Å². The van der Waals surface area contributed by atoms with Gasteiger partial charge in [-0.2, -0.15) is 0 Å². The molecule has 0 N–H and O–H groups in total. The lowest BCUT2D eigenvalue weighted by Crippen LogP contribution is -2.34. The van der Waals surface area contributed by atoms with Gasteiger partial charge in [-0.05, 0) is 47.5 Å². The molecule has 3 nitrogen and oxygen atoms in total. The summed E-state index contributed by atoms with van der Waals surface area (Å²) in [5, 5.41) is 0. The summed E-state index contributed by atoms with van der Waals surface area (Å²) < 4.78 is 5.95. The highest BCUT2D eigenvalue weighted by Gasteiger charge is 2.17. The van der Waals surface area contributed by atoms with Crippen molar-refractivity contribution in [1.82, 2.24) is 4.90 Å². The Balaban J connectivity index is 2.87. The monoisotopic (exact) mass is 313 g/mol. The summed E-state index contributed by atoms with van der Waals surface area (Å²) in [6.45, 7) is 4.19. The number of carbonyl (C=O) groups excluding carboxylic acids is 1. The van der Waals surface area contributed by atoms with Gasteiger partial charge < -0.3 is 9.64 Å². The van der Waals surface area contributed by atoms with Gasteiger partial charge in [-0.1, -0.05) is 13.3 Å². The van der Waals surface area contributed by atoms with Crippen LogP contribution >= 0.6 is 15.9 Å². The highest BCUT2D eigenvalue weighted by atomic mass is 79.9. The van der Waals surface area contributed by atoms with E-state index in [0.717, 1.165) is 23.1 Å². The van der Waals surface area contributed by atoms with Gasteiger partial charge in [0.25, 0.3) is 5.91 Å². The molecule has 1 aromatic rings. The molecule has 1 rings (SSSR count). The maximum Gasteiger partial charge on any atom is 0.253 e. The molecule has 0 fully saturated rings. The van der Waals surface area contributed by atoms with Crippen molar-refractivity contribution in [2.24, 2.45) is 0 Å². The molecule has 1 unspecified atom stereocenters. The summed E-state index contributed by atoms with van der Waals surface area (Å²) in [7, 11) is 3.46. The van der Waals surface area contributed by atoms with Gasteiger partial charge in [0.15, 0.2) is 0 Å². The third kappa shape index (κ3) is 3.48. The van der Waals surface area contributed by atoms with Gasteiger partial charge in [0, 0.05) is 18.7 Å². The molecule has 1 atom stereocenters. The number of ether oxygens (including phenoxy) is 1. The molecule has 0 heterocycles. The highest BCUT2D eigenvalue weighted by Crippen LogP contribution is 2.26. The fourth-order valence-electron chi connectivity index (χ4n) is 1.81. The van der Waals surface area contributed by atoms with Gasteiger partial charge in [0.2, 0.25) is 0 Å². The predicted molar refractivity (Wildman–Crippen MR) is 77.2 cm³/mol. The second-order valence-electron chi connectivity index (χ2n) is 4.40. The van der Waals surface area contributed by atoms with E-state index in [1.165, 1.54) is 0 Å². The fourth-order valence-corrected chi connectivity index (χ4v) is 2.36. The quantitative estimate of drug-likeness (QED) is 0.829. The first-order valence-corrected chi connectivity index (χ1v) is 6.91. The van der Waals surface area contributed by atoms with Gasteiger partial charge in [-0.3, -0.25) is 4.79 Å². The van der Waals surface area contributed by atoms with Crippen molar-refractivity contribution in [2.75, 3.05) is 14.2 Å². The summed E-state index contributed by atoms with van der Waals surface area (Å²) in [6.07, 6.45) is 2.09. The maximum atomic E-state index is 12.3. The maximum absolute atomic E-state index is 12.3. The fraction of sp³-hybridized carbons (Fsp3) is 0.500. The molecule has 0 radical (unpaired) electrons. The van der Waals surface area contributed by atoms with Crippen LogP contribution in [0.25, 0.3) is 0 Å². The van der Waals surface area contributed by atoms with Crippen LogP contribution in [0.2, 0.25) is 0 Å². The number of halogens is 1. The van der Waals surface area contributed by atoms with Crippen LogP contribution in [0.15, 0.2) is 22.7 Å². The van der Waals surface area contributed by atoms with E-state index in [4.69, 9.17) is 4.74 Å². The molecular weight excluding hydrogens is 294 g/mol. The third-order valence-corrected chi connectivity index (χ3v) is 3.71. The summed E-state index contributed by atoms with van der Waals surface area (Å²) in [5.74, 6) is 0.773. The van der Waals surface area contributed by atoms with Crippen molar-refractivity contribution in [2.45, 2.75) is 32.7 Å². The van der Waals surface area contributed by atoms with Crippen molar-refractivity contribution in [1.29, 1.82) is 0 Å². The van der Waals surface area contributed by atoms with E-state index >= 15 is 0 Å². The van der Waals surface area contributed by atoms with Gasteiger partial charge in [-0.25, -0.2) is 0 Å². The number of hydrogen-bond acceptors (Lipinski definition) is 2. The number of methoxy groups -OCH3 is 1. The van der Waals surface area contributed by atoms with Crippen molar-refractivity contribution in [3.8, 4) is 5.75 Å². The van der Waals surface area contributed by atoms with Gasteiger partial charge >= 0.3 is 0 Å². The summed E-state index contributed by atoms with van der Waals surface area (Å²) in [5.41, 5.74) is 0.674. The van der Waals surface area contributed by atoms with Crippen LogP contribution in [-0.2, 0) is 0 Å². The van der Waals surface area contributed by atoms with Crippen LogP contribution < -0.4 is 4.74 Å². The number of carbonyl (C=O) groups is 1. The first-order valence-electron chi connectivity index (χ1n) is 6.12. The zero-order valence-electron chi connectivity index (χ0n) is 11.4. The van der Waals surface area contributed by atoms with Crippen LogP contribution in [-0.4, -0.2) is 31.0 Å². The minimum Gasteiger partial charge on any atom is -0.496 e. The molecule has 0 bridgehead atoms. The number of amides is 1. The lowest BCUT2D eigenvalue weighted by Gasteiger charge is -2.24. The molecule has 18 heavy (non-hydrogen) atoms. The minimum absolute atomic E-state index is 0.0410. The smallest absolute Gasteiger partial charge is 0.253 e. The number of hydrogen-bond donors (Lipinski definition) is 0. The molecule has 0 aliphatic heterocycles. The van der Waals surface area contributed by atoms with Crippen LogP contribution in [0.3, 0.4) is 0 Å². The van der Waals surface area contributed by atoms with Crippen molar-refractivity contribution < 1.29 is 9.53 Å². The van der Waals surface area contributed by atoms with Crippen LogP contribution in [0.1, 0.15) is 37.0 Å². The molecule has 0 saturated carbocycles. The largest absolute Gasteiger partial charge is 0.496 e. The Kier molecular flexibility index (Phi) is 5.66. The van der Waals surface area contributed by atoms with Gasteiger partial charge in [0.1, 0.15) is 5.75 Å². The SMILES string of the molecule is CCCC(C)N(C)C(=O)c1ccc(OC)c(Br)c1. The summed E-state index contributed by atoms with van der Waals surface area (Å²) in [6, 6.07) is 5.65. The number of nitrogens with zero attached hydrogens (tertiary/aromatic N) is 1. The zero-order chi connectivity index (χ0) is 13.7. The Bertz CT molecular complexity index is 420. The van der Waals surface area contributed by atoms with E-state index in [1.807, 2.05) is 7.05 Å². The van der Waals surface area contributed by atoms with Crippen molar-refractivity contribution >= 4 is 21.8 Å². The van der Waals surface area contributed by atoms with E-state index in [-0.39, 0.29) is 11.9 Å². The second-order valence-corrected chi connectivity index (χ2v) is 5.26. The molecule has 0 aliphatic carbocycles. The molecular formula is C14H20BrNO2. The average molecular weight is 314 g/mol. The van der Waals surface area contributed by atoms with E-state index < -0.39 is 0 Å². The molecule has 4 heteroatoms. The van der Waals surface area contributed by atoms with Crippen LogP contribution in [0.4, 0.5) is 0 Å². The minimum atomic E-state index is 0.0410. The zero-order valence-corrected chi connectivity index (χ0v) is 13.0. The predicted octanol–water partition coefficient (Wildman–Crippen LogP) is 3.72. The Morgan fingerprint density at radius 1 is 1.50 bits per heavy atom. The van der Waals surface area contributed by atoms with Crippen molar-refractivity contribution in [3.63, 3.8) is 0 Å². The Morgan fingerprint density at radius 3 is 2.67 bits per heavy atom. The molecule has 0 aliphatic rings. The Morgan fingerprint density at radius 2 is 2.17 bits per heavy atom. The number of rotatable bonds is 5. The molecule has 1 aromatic carbocycles. The van der Waals surface area contributed by atoms with E-state index in [9.17, 15) is 4.79 Å². The Hall–Kier alpha value is -1.03. The molecule has 0 aromatic heterocycles. The van der Waals surface area contributed by atoms with Crippen LogP contribution in [0.5, 0.6) is 5.75 Å². The second kappa shape index (κ2) is 6.78. The van der Waals surface area contributed by atoms with E-state index in [2.05, 4.69) is 29.8 Å². The van der Waals surface area contributed by atoms with Crippen LogP contribution in [0, 0.1) is 0 Å². The molecule has 0 saturated heterocycles. The highest BCUT2D eigenvalue weighted by molar-refractivity contribution is 9.10. The molecule has 100 valence electrons. The van der Waals surface area contributed by atoms with Crippen molar-refractivity contribution in [3.05, 3.63) is 28.2 Å². The lowest BCUT2D eigenvalue weighted by atomic mass is 10.1. The van der Waals surface area contributed by atoms with Gasteiger partial charge in [0.05, 0.1) is 11.6 Å².